The Balaban J connectivity index is 2.10. The van der Waals surface area contributed by atoms with Crippen LogP contribution in [0.1, 0.15) is 31.4 Å². The normalized spacial score (nSPS) is 17.0. The van der Waals surface area contributed by atoms with Gasteiger partial charge in [0.15, 0.2) is 0 Å². The predicted molar refractivity (Wildman–Crippen MR) is 77.3 cm³/mol. The van der Waals surface area contributed by atoms with Gasteiger partial charge in [0.2, 0.25) is 0 Å². The molecular weight excluding hydrogens is 238 g/mol. The third kappa shape index (κ3) is 2.00. The van der Waals surface area contributed by atoms with Crippen molar-refractivity contribution in [3.8, 4) is 0 Å². The molecule has 2 aromatic rings. The molecule has 1 aromatic carbocycles. The highest BCUT2D eigenvalue weighted by atomic mass is 16.1. The van der Waals surface area contributed by atoms with Gasteiger partial charge in [-0.05, 0) is 43.0 Å². The fourth-order valence-electron chi connectivity index (χ4n) is 2.92. The number of imidazole rings is 1. The first kappa shape index (κ1) is 12.5. The number of nitrogens with zero attached hydrogens (tertiary/aromatic N) is 2. The van der Waals surface area contributed by atoms with Crippen LogP contribution in [0.15, 0.2) is 23.0 Å². The summed E-state index contributed by atoms with van der Waals surface area (Å²) in [5, 5.41) is 3.57. The van der Waals surface area contributed by atoms with E-state index in [0.29, 0.717) is 6.04 Å². The molecule has 19 heavy (non-hydrogen) atoms. The minimum Gasteiger partial charge on any atom is -0.310 e. The van der Waals surface area contributed by atoms with E-state index in [1.807, 2.05) is 14.1 Å². The Kier molecular flexibility index (Phi) is 2.97. The Morgan fingerprint density at radius 2 is 1.95 bits per heavy atom. The van der Waals surface area contributed by atoms with Crippen molar-refractivity contribution in [3.63, 3.8) is 0 Å². The number of nitrogens with one attached hydrogen (secondary N) is 1. The monoisotopic (exact) mass is 259 g/mol. The quantitative estimate of drug-likeness (QED) is 0.911. The highest BCUT2D eigenvalue weighted by Gasteiger charge is 2.31. The van der Waals surface area contributed by atoms with Crippen LogP contribution in [-0.4, -0.2) is 15.7 Å². The number of rotatable bonds is 4. The molecule has 0 aliphatic heterocycles. The molecule has 0 spiro atoms. The minimum absolute atomic E-state index is 0.0403. The molecule has 1 N–H and O–H groups in total. The van der Waals surface area contributed by atoms with Gasteiger partial charge in [-0.3, -0.25) is 9.13 Å². The van der Waals surface area contributed by atoms with E-state index in [4.69, 9.17) is 0 Å². The molecule has 0 saturated heterocycles. The van der Waals surface area contributed by atoms with Crippen LogP contribution >= 0.6 is 0 Å². The maximum absolute atomic E-state index is 12.0. The lowest BCUT2D eigenvalue weighted by atomic mass is 10.0. The van der Waals surface area contributed by atoms with E-state index in [1.165, 1.54) is 18.4 Å². The second-order valence-electron chi connectivity index (χ2n) is 5.52. The summed E-state index contributed by atoms with van der Waals surface area (Å²) < 4.78 is 3.44. The van der Waals surface area contributed by atoms with Crippen molar-refractivity contribution in [3.05, 3.63) is 34.2 Å². The van der Waals surface area contributed by atoms with Crippen molar-refractivity contribution in [2.45, 2.75) is 25.8 Å². The average molecular weight is 259 g/mol. The standard InChI is InChI=1S/C15H21N3O/c1-4-16-14(10-5-6-10)11-7-8-12-13(9-11)18(3)15(19)17(12)2/h7-10,14,16H,4-6H2,1-3H3. The topological polar surface area (TPSA) is 39.0 Å². The van der Waals surface area contributed by atoms with E-state index in [2.05, 4.69) is 30.4 Å². The molecule has 0 amide bonds. The van der Waals surface area contributed by atoms with Gasteiger partial charge in [0.25, 0.3) is 0 Å². The van der Waals surface area contributed by atoms with Crippen LogP contribution in [0.5, 0.6) is 0 Å². The number of fused-ring (bicyclic) bond motifs is 1. The van der Waals surface area contributed by atoms with Gasteiger partial charge in [0.1, 0.15) is 0 Å². The van der Waals surface area contributed by atoms with Crippen molar-refractivity contribution < 1.29 is 0 Å². The first-order valence-electron chi connectivity index (χ1n) is 7.02. The molecule has 1 atom stereocenters. The van der Waals surface area contributed by atoms with Crippen molar-refractivity contribution in [2.24, 2.45) is 20.0 Å². The summed E-state index contributed by atoms with van der Waals surface area (Å²) in [7, 11) is 3.67. The molecule has 102 valence electrons. The third-order valence-corrected chi connectivity index (χ3v) is 4.17. The van der Waals surface area contributed by atoms with Crippen molar-refractivity contribution in [2.75, 3.05) is 6.54 Å². The Morgan fingerprint density at radius 3 is 2.58 bits per heavy atom. The summed E-state index contributed by atoms with van der Waals surface area (Å²) in [6.07, 6.45) is 2.62. The summed E-state index contributed by atoms with van der Waals surface area (Å²) >= 11 is 0. The summed E-state index contributed by atoms with van der Waals surface area (Å²) in [6.45, 7) is 3.12. The van der Waals surface area contributed by atoms with Gasteiger partial charge in [-0.15, -0.1) is 0 Å². The fourth-order valence-corrected chi connectivity index (χ4v) is 2.92. The van der Waals surface area contributed by atoms with E-state index in [1.54, 1.807) is 9.13 Å². The molecule has 1 aliphatic rings. The Labute approximate surface area is 113 Å². The Bertz CT molecular complexity index is 664. The fraction of sp³-hybridized carbons (Fsp3) is 0.533. The average Bonchev–Trinajstić information content (AvgIpc) is 3.23. The summed E-state index contributed by atoms with van der Waals surface area (Å²) in [6, 6.07) is 6.83. The lowest BCUT2D eigenvalue weighted by molar-refractivity contribution is 0.496. The summed E-state index contributed by atoms with van der Waals surface area (Å²) in [4.78, 5) is 12.0. The van der Waals surface area contributed by atoms with Crippen molar-refractivity contribution in [1.29, 1.82) is 0 Å². The van der Waals surface area contributed by atoms with E-state index < -0.39 is 0 Å². The second-order valence-corrected chi connectivity index (χ2v) is 5.52. The molecule has 1 fully saturated rings. The van der Waals surface area contributed by atoms with Crippen LogP contribution in [0.2, 0.25) is 0 Å². The van der Waals surface area contributed by atoms with E-state index in [-0.39, 0.29) is 5.69 Å². The third-order valence-electron chi connectivity index (χ3n) is 4.17. The van der Waals surface area contributed by atoms with Gasteiger partial charge in [0.05, 0.1) is 11.0 Å². The second kappa shape index (κ2) is 4.53. The van der Waals surface area contributed by atoms with Crippen LogP contribution in [0.3, 0.4) is 0 Å². The minimum atomic E-state index is 0.0403. The molecule has 3 rings (SSSR count). The van der Waals surface area contributed by atoms with Crippen LogP contribution < -0.4 is 11.0 Å². The SMILES string of the molecule is CCNC(c1ccc2c(c1)n(C)c(=O)n2C)C1CC1. The van der Waals surface area contributed by atoms with Gasteiger partial charge in [-0.1, -0.05) is 13.0 Å². The maximum Gasteiger partial charge on any atom is 0.328 e. The summed E-state index contributed by atoms with van der Waals surface area (Å²) in [5.41, 5.74) is 3.37. The van der Waals surface area contributed by atoms with Crippen molar-refractivity contribution >= 4 is 11.0 Å². The smallest absolute Gasteiger partial charge is 0.310 e. The highest BCUT2D eigenvalue weighted by molar-refractivity contribution is 5.77. The van der Waals surface area contributed by atoms with E-state index in [9.17, 15) is 4.79 Å². The molecule has 4 nitrogen and oxygen atoms in total. The van der Waals surface area contributed by atoms with Crippen LogP contribution in [0.25, 0.3) is 11.0 Å². The number of hydrogen-bond donors (Lipinski definition) is 1. The molecule has 0 radical (unpaired) electrons. The largest absolute Gasteiger partial charge is 0.328 e. The van der Waals surface area contributed by atoms with Gasteiger partial charge >= 0.3 is 5.69 Å². The molecule has 1 heterocycles. The Morgan fingerprint density at radius 1 is 1.26 bits per heavy atom. The first-order valence-corrected chi connectivity index (χ1v) is 7.02. The molecule has 0 bridgehead atoms. The number of aromatic nitrogens is 2. The van der Waals surface area contributed by atoms with Crippen LogP contribution in [-0.2, 0) is 14.1 Å². The Hall–Kier alpha value is -1.55. The molecular formula is C15H21N3O. The van der Waals surface area contributed by atoms with Gasteiger partial charge < -0.3 is 5.32 Å². The van der Waals surface area contributed by atoms with E-state index >= 15 is 0 Å². The van der Waals surface area contributed by atoms with Gasteiger partial charge in [0, 0.05) is 20.1 Å². The molecule has 1 aromatic heterocycles. The lowest BCUT2D eigenvalue weighted by Crippen LogP contribution is -2.22. The summed E-state index contributed by atoms with van der Waals surface area (Å²) in [5.74, 6) is 0.762. The zero-order valence-electron chi connectivity index (χ0n) is 11.8. The molecule has 1 saturated carbocycles. The number of benzene rings is 1. The lowest BCUT2D eigenvalue weighted by Gasteiger charge is -2.18. The zero-order chi connectivity index (χ0) is 13.6. The molecule has 1 aliphatic carbocycles. The highest BCUT2D eigenvalue weighted by Crippen LogP contribution is 2.41. The predicted octanol–water partition coefficient (Wildman–Crippen LogP) is 1.94. The maximum atomic E-state index is 12.0. The van der Waals surface area contributed by atoms with E-state index in [0.717, 1.165) is 23.5 Å². The van der Waals surface area contributed by atoms with Gasteiger partial charge in [-0.25, -0.2) is 4.79 Å². The van der Waals surface area contributed by atoms with Gasteiger partial charge in [-0.2, -0.15) is 0 Å². The number of hydrogen-bond acceptors (Lipinski definition) is 2. The van der Waals surface area contributed by atoms with Crippen LogP contribution in [0, 0.1) is 5.92 Å². The molecule has 4 heteroatoms. The van der Waals surface area contributed by atoms with Crippen LogP contribution in [0.4, 0.5) is 0 Å². The number of aryl methyl sites for hydroxylation is 2. The first-order chi connectivity index (χ1) is 9.13. The zero-order valence-corrected chi connectivity index (χ0v) is 11.8. The van der Waals surface area contributed by atoms with Crippen molar-refractivity contribution in [1.82, 2.24) is 14.5 Å². The molecule has 1 unspecified atom stereocenters.